The number of amides is 2. The lowest BCUT2D eigenvalue weighted by atomic mass is 10.1. The van der Waals surface area contributed by atoms with E-state index in [1.54, 1.807) is 43.5 Å². The molecule has 0 aliphatic carbocycles. The fourth-order valence-corrected chi connectivity index (χ4v) is 3.19. The van der Waals surface area contributed by atoms with Crippen molar-refractivity contribution in [1.29, 1.82) is 0 Å². The first-order valence-electron chi connectivity index (χ1n) is 9.71. The van der Waals surface area contributed by atoms with Crippen LogP contribution in [0.3, 0.4) is 0 Å². The molecule has 0 aliphatic rings. The van der Waals surface area contributed by atoms with Crippen molar-refractivity contribution in [2.24, 2.45) is 0 Å². The molecule has 3 aromatic rings. The minimum absolute atomic E-state index is 0.178. The maximum atomic E-state index is 12.8. The van der Waals surface area contributed by atoms with E-state index in [4.69, 9.17) is 9.47 Å². The Bertz CT molecular complexity index is 1020. The first kappa shape index (κ1) is 22.5. The molecule has 3 rings (SSSR count). The molecule has 160 valence electrons. The summed E-state index contributed by atoms with van der Waals surface area (Å²) in [6, 6.07) is 21.7. The second kappa shape index (κ2) is 11.3. The van der Waals surface area contributed by atoms with Crippen LogP contribution in [0.25, 0.3) is 0 Å². The van der Waals surface area contributed by atoms with Gasteiger partial charge in [0.2, 0.25) is 0 Å². The lowest BCUT2D eigenvalue weighted by molar-refractivity contribution is 0.0950. The van der Waals surface area contributed by atoms with Gasteiger partial charge >= 0.3 is 0 Å². The van der Waals surface area contributed by atoms with Crippen molar-refractivity contribution in [2.75, 3.05) is 25.6 Å². The number of methoxy groups -OCH3 is 1. The van der Waals surface area contributed by atoms with Gasteiger partial charge in [0.25, 0.3) is 11.8 Å². The molecule has 7 heteroatoms. The Balaban J connectivity index is 1.62. The van der Waals surface area contributed by atoms with E-state index in [1.807, 2.05) is 36.4 Å². The van der Waals surface area contributed by atoms with Crippen molar-refractivity contribution in [2.45, 2.75) is 6.54 Å². The van der Waals surface area contributed by atoms with Crippen molar-refractivity contribution in [3.8, 4) is 5.75 Å². The third-order valence-electron chi connectivity index (χ3n) is 4.43. The highest BCUT2D eigenvalue weighted by Crippen LogP contribution is 2.24. The predicted octanol–water partition coefficient (Wildman–Crippen LogP) is 4.66. The Morgan fingerprint density at radius 1 is 0.903 bits per heavy atom. The summed E-state index contributed by atoms with van der Waals surface area (Å²) in [6.45, 7) is 1.21. The first-order valence-corrected chi connectivity index (χ1v) is 10.5. The van der Waals surface area contributed by atoms with Crippen LogP contribution in [0.4, 0.5) is 5.69 Å². The van der Waals surface area contributed by atoms with E-state index in [1.165, 1.54) is 0 Å². The summed E-state index contributed by atoms with van der Waals surface area (Å²) < 4.78 is 11.4. The molecule has 0 unspecified atom stereocenters. The van der Waals surface area contributed by atoms with Gasteiger partial charge in [-0.25, -0.2) is 0 Å². The summed E-state index contributed by atoms with van der Waals surface area (Å²) >= 11 is 3.38. The molecule has 2 N–H and O–H groups in total. The maximum absolute atomic E-state index is 12.8. The van der Waals surface area contributed by atoms with E-state index < -0.39 is 0 Å². The second-order valence-corrected chi connectivity index (χ2v) is 7.60. The van der Waals surface area contributed by atoms with Crippen molar-refractivity contribution < 1.29 is 19.1 Å². The van der Waals surface area contributed by atoms with E-state index in [9.17, 15) is 9.59 Å². The summed E-state index contributed by atoms with van der Waals surface area (Å²) in [5.41, 5.74) is 2.51. The van der Waals surface area contributed by atoms with Crippen molar-refractivity contribution >= 4 is 33.4 Å². The highest BCUT2D eigenvalue weighted by molar-refractivity contribution is 9.10. The Hall–Kier alpha value is -3.16. The van der Waals surface area contributed by atoms with E-state index >= 15 is 0 Å². The molecule has 2 amide bonds. The molecule has 0 saturated carbocycles. The minimum atomic E-state index is -0.310. The number of carbonyl (C=O) groups is 2. The number of nitrogens with one attached hydrogen (secondary N) is 2. The zero-order chi connectivity index (χ0) is 22.1. The van der Waals surface area contributed by atoms with Crippen molar-refractivity contribution in [1.82, 2.24) is 5.32 Å². The molecule has 6 nitrogen and oxygen atoms in total. The van der Waals surface area contributed by atoms with Gasteiger partial charge in [0.05, 0.1) is 12.2 Å². The van der Waals surface area contributed by atoms with Gasteiger partial charge in [-0.2, -0.15) is 0 Å². The molecule has 0 atom stereocenters. The van der Waals surface area contributed by atoms with Crippen molar-refractivity contribution in [3.05, 3.63) is 94.0 Å². The Labute approximate surface area is 189 Å². The summed E-state index contributed by atoms with van der Waals surface area (Å²) in [4.78, 5) is 25.1. The fourth-order valence-electron chi connectivity index (χ4n) is 2.82. The average molecular weight is 483 g/mol. The van der Waals surface area contributed by atoms with Crippen LogP contribution in [0, 0.1) is 0 Å². The number of anilines is 1. The molecule has 0 aliphatic heterocycles. The van der Waals surface area contributed by atoms with E-state index in [0.717, 1.165) is 10.0 Å². The molecular weight excluding hydrogens is 460 g/mol. The Kier molecular flexibility index (Phi) is 8.20. The summed E-state index contributed by atoms with van der Waals surface area (Å²) in [5, 5.41) is 5.72. The smallest absolute Gasteiger partial charge is 0.259 e. The molecule has 0 saturated heterocycles. The highest BCUT2D eigenvalue weighted by atomic mass is 79.9. The number of ether oxygens (including phenoxy) is 2. The maximum Gasteiger partial charge on any atom is 0.259 e. The van der Waals surface area contributed by atoms with Crippen LogP contribution in [0.5, 0.6) is 5.75 Å². The van der Waals surface area contributed by atoms with Gasteiger partial charge in [-0.3, -0.25) is 9.59 Å². The monoisotopic (exact) mass is 482 g/mol. The van der Waals surface area contributed by atoms with Gasteiger partial charge in [-0.1, -0.05) is 46.3 Å². The second-order valence-electron chi connectivity index (χ2n) is 6.68. The first-order chi connectivity index (χ1) is 15.1. The van der Waals surface area contributed by atoms with Crippen LogP contribution in [-0.4, -0.2) is 32.1 Å². The number of carbonyl (C=O) groups excluding carboxylic acids is 2. The average Bonchev–Trinajstić information content (AvgIpc) is 2.79. The van der Waals surface area contributed by atoms with Gasteiger partial charge in [-0.05, 0) is 48.0 Å². The number of benzene rings is 3. The zero-order valence-electron chi connectivity index (χ0n) is 17.1. The van der Waals surface area contributed by atoms with Gasteiger partial charge in [0.1, 0.15) is 12.4 Å². The number of hydrogen-bond donors (Lipinski definition) is 2. The van der Waals surface area contributed by atoms with E-state index in [2.05, 4.69) is 26.6 Å². The molecule has 0 aromatic heterocycles. The minimum Gasteiger partial charge on any atom is -0.490 e. The number of halogens is 1. The van der Waals surface area contributed by atoms with Crippen LogP contribution in [-0.2, 0) is 11.3 Å². The molecule has 0 heterocycles. The van der Waals surface area contributed by atoms with Crippen molar-refractivity contribution in [3.63, 3.8) is 0 Å². The lowest BCUT2D eigenvalue weighted by Crippen LogP contribution is -2.22. The largest absolute Gasteiger partial charge is 0.490 e. The molecule has 0 spiro atoms. The summed E-state index contributed by atoms with van der Waals surface area (Å²) in [6.07, 6.45) is 0. The number of hydrogen-bond acceptors (Lipinski definition) is 4. The predicted molar refractivity (Wildman–Crippen MR) is 124 cm³/mol. The summed E-state index contributed by atoms with van der Waals surface area (Å²) in [5.74, 6) is -0.0211. The standard InChI is InChI=1S/C24H23BrN2O4/c1-30-13-14-31-22-12-9-19(25)15-21(22)24(29)27-20-10-7-18(8-11-20)23(28)26-16-17-5-3-2-4-6-17/h2-12,15H,13-14,16H2,1H3,(H,26,28)(H,27,29). The van der Waals surface area contributed by atoms with Crippen LogP contribution in [0.15, 0.2) is 77.3 Å². The van der Waals surface area contributed by atoms with Gasteiger partial charge < -0.3 is 20.1 Å². The van der Waals surface area contributed by atoms with Gasteiger partial charge in [-0.15, -0.1) is 0 Å². The zero-order valence-corrected chi connectivity index (χ0v) is 18.6. The lowest BCUT2D eigenvalue weighted by Gasteiger charge is -2.12. The molecule has 0 fully saturated rings. The molecule has 0 radical (unpaired) electrons. The number of rotatable bonds is 9. The summed E-state index contributed by atoms with van der Waals surface area (Å²) in [7, 11) is 1.59. The van der Waals surface area contributed by atoms with Gasteiger partial charge in [0.15, 0.2) is 0 Å². The fraction of sp³-hybridized carbons (Fsp3) is 0.167. The van der Waals surface area contributed by atoms with Crippen LogP contribution in [0.1, 0.15) is 26.3 Å². The highest BCUT2D eigenvalue weighted by Gasteiger charge is 2.14. The molecule has 0 bridgehead atoms. The SMILES string of the molecule is COCCOc1ccc(Br)cc1C(=O)Nc1ccc(C(=O)NCc2ccccc2)cc1. The van der Waals surface area contributed by atoms with E-state index in [-0.39, 0.29) is 11.8 Å². The van der Waals surface area contributed by atoms with Crippen LogP contribution >= 0.6 is 15.9 Å². The molecular formula is C24H23BrN2O4. The van der Waals surface area contributed by atoms with E-state index in [0.29, 0.717) is 42.3 Å². The molecule has 31 heavy (non-hydrogen) atoms. The van der Waals surface area contributed by atoms with Crippen LogP contribution < -0.4 is 15.4 Å². The topological polar surface area (TPSA) is 76.7 Å². The Morgan fingerprint density at radius 3 is 2.35 bits per heavy atom. The Morgan fingerprint density at radius 2 is 1.65 bits per heavy atom. The quantitative estimate of drug-likeness (QED) is 0.435. The normalized spacial score (nSPS) is 10.4. The van der Waals surface area contributed by atoms with Crippen LogP contribution in [0.2, 0.25) is 0 Å². The molecule has 3 aromatic carbocycles. The third-order valence-corrected chi connectivity index (χ3v) is 4.93. The van der Waals surface area contributed by atoms with Gasteiger partial charge in [0, 0.05) is 29.4 Å². The third kappa shape index (κ3) is 6.67.